The number of carbonyl (C=O) groups is 1. The van der Waals surface area contributed by atoms with Gasteiger partial charge in [0.15, 0.2) is 5.65 Å². The summed E-state index contributed by atoms with van der Waals surface area (Å²) in [5.41, 5.74) is 4.72. The van der Waals surface area contributed by atoms with Gasteiger partial charge in [-0.05, 0) is 64.0 Å². The van der Waals surface area contributed by atoms with E-state index in [1.54, 1.807) is 22.8 Å². The lowest BCUT2D eigenvalue weighted by Gasteiger charge is -2.33. The van der Waals surface area contributed by atoms with Crippen molar-refractivity contribution >= 4 is 33.3 Å². The molecular weight excluding hydrogens is 554 g/mol. The molecule has 0 aliphatic carbocycles. The van der Waals surface area contributed by atoms with Crippen LogP contribution in [0.25, 0.3) is 28.0 Å². The summed E-state index contributed by atoms with van der Waals surface area (Å²) in [5, 5.41) is 18.5. The summed E-state index contributed by atoms with van der Waals surface area (Å²) < 4.78 is 2.53. The number of halogens is 1. The SMILES string of the molecule is O=C(c1ccccc1-c1ccccc1)N1CCCC(CNc2cc(-c3ccccc3O)nc3c(Br)cnn23)C1. The second-order valence-corrected chi connectivity index (χ2v) is 10.7. The number of hydrogen-bond acceptors (Lipinski definition) is 5. The van der Waals surface area contributed by atoms with E-state index in [9.17, 15) is 9.90 Å². The molecule has 1 saturated heterocycles. The van der Waals surface area contributed by atoms with Gasteiger partial charge in [0.2, 0.25) is 0 Å². The molecule has 2 aromatic heterocycles. The number of piperidine rings is 1. The lowest BCUT2D eigenvalue weighted by atomic mass is 9.95. The molecule has 0 saturated carbocycles. The molecule has 3 aromatic carbocycles. The topological polar surface area (TPSA) is 82.8 Å². The van der Waals surface area contributed by atoms with Gasteiger partial charge in [-0.25, -0.2) is 4.98 Å². The second-order valence-electron chi connectivity index (χ2n) is 9.82. The average molecular weight is 583 g/mol. The number of phenolic OH excluding ortho intramolecular Hbond substituents is 1. The van der Waals surface area contributed by atoms with Crippen LogP contribution in [0.4, 0.5) is 5.82 Å². The van der Waals surface area contributed by atoms with Gasteiger partial charge in [0.05, 0.1) is 16.4 Å². The van der Waals surface area contributed by atoms with Crippen LogP contribution in [-0.2, 0) is 0 Å². The highest BCUT2D eigenvalue weighted by Gasteiger charge is 2.26. The second kappa shape index (κ2) is 10.9. The molecular formula is C31H28BrN5O2. The van der Waals surface area contributed by atoms with Gasteiger partial charge in [-0.1, -0.05) is 60.7 Å². The molecule has 0 spiro atoms. The van der Waals surface area contributed by atoms with E-state index in [0.717, 1.165) is 46.4 Å². The summed E-state index contributed by atoms with van der Waals surface area (Å²) in [6, 6.07) is 27.0. The summed E-state index contributed by atoms with van der Waals surface area (Å²) in [6.07, 6.45) is 3.70. The van der Waals surface area contributed by atoms with Crippen LogP contribution in [0.5, 0.6) is 5.75 Å². The first-order valence-corrected chi connectivity index (χ1v) is 13.9. The maximum absolute atomic E-state index is 13.7. The number of nitrogens with zero attached hydrogens (tertiary/aromatic N) is 4. The Labute approximate surface area is 235 Å². The first kappa shape index (κ1) is 25.1. The van der Waals surface area contributed by atoms with E-state index in [1.165, 1.54) is 0 Å². The minimum Gasteiger partial charge on any atom is -0.507 e. The Kier molecular flexibility index (Phi) is 7.02. The molecule has 5 aromatic rings. The van der Waals surface area contributed by atoms with Gasteiger partial charge in [0.1, 0.15) is 11.6 Å². The standard InChI is InChI=1S/C31H28BrN5O2/c32-26-19-34-37-29(17-27(35-30(26)37)25-14-6-7-15-28(25)38)33-18-21-9-8-16-36(20-21)31(39)24-13-5-4-12-23(24)22-10-2-1-3-11-22/h1-7,10-15,17,19,21,33,38H,8-9,16,18,20H2. The number of para-hydroxylation sites is 1. The number of nitrogens with one attached hydrogen (secondary N) is 1. The number of hydrogen-bond donors (Lipinski definition) is 2. The highest BCUT2D eigenvalue weighted by Crippen LogP contribution is 2.32. The number of phenols is 1. The minimum atomic E-state index is 0.0725. The fourth-order valence-electron chi connectivity index (χ4n) is 5.26. The first-order valence-electron chi connectivity index (χ1n) is 13.1. The zero-order valence-corrected chi connectivity index (χ0v) is 22.9. The molecule has 1 aliphatic rings. The van der Waals surface area contributed by atoms with Crippen molar-refractivity contribution in [1.29, 1.82) is 0 Å². The fourth-order valence-corrected chi connectivity index (χ4v) is 5.61. The number of carbonyl (C=O) groups excluding carboxylic acids is 1. The molecule has 8 heteroatoms. The van der Waals surface area contributed by atoms with E-state index in [4.69, 9.17) is 4.98 Å². The lowest BCUT2D eigenvalue weighted by molar-refractivity contribution is 0.0681. The van der Waals surface area contributed by atoms with E-state index in [-0.39, 0.29) is 17.6 Å². The van der Waals surface area contributed by atoms with Crippen LogP contribution in [0.3, 0.4) is 0 Å². The summed E-state index contributed by atoms with van der Waals surface area (Å²) in [6.45, 7) is 2.11. The number of benzene rings is 3. The van der Waals surface area contributed by atoms with Crippen molar-refractivity contribution in [3.05, 3.63) is 101 Å². The molecule has 7 nitrogen and oxygen atoms in total. The number of rotatable bonds is 6. The van der Waals surface area contributed by atoms with Crippen LogP contribution in [0, 0.1) is 5.92 Å². The number of likely N-dealkylation sites (tertiary alicyclic amines) is 1. The van der Waals surface area contributed by atoms with E-state index in [1.807, 2.05) is 77.7 Å². The zero-order valence-electron chi connectivity index (χ0n) is 21.3. The summed E-state index contributed by atoms with van der Waals surface area (Å²) in [4.78, 5) is 20.4. The number of anilines is 1. The quantitative estimate of drug-likeness (QED) is 0.239. The van der Waals surface area contributed by atoms with Crippen molar-refractivity contribution < 1.29 is 9.90 Å². The van der Waals surface area contributed by atoms with Crippen molar-refractivity contribution in [2.24, 2.45) is 5.92 Å². The summed E-state index contributed by atoms with van der Waals surface area (Å²) in [5.74, 6) is 1.31. The predicted molar refractivity (Wildman–Crippen MR) is 157 cm³/mol. The molecule has 1 aliphatic heterocycles. The number of aromatic hydroxyl groups is 1. The Morgan fingerprint density at radius 3 is 2.56 bits per heavy atom. The number of fused-ring (bicyclic) bond motifs is 1. The summed E-state index contributed by atoms with van der Waals surface area (Å²) >= 11 is 3.54. The van der Waals surface area contributed by atoms with Crippen LogP contribution in [0.2, 0.25) is 0 Å². The van der Waals surface area contributed by atoms with Crippen LogP contribution in [0.1, 0.15) is 23.2 Å². The molecule has 0 bridgehead atoms. The van der Waals surface area contributed by atoms with E-state index in [2.05, 4.69) is 26.3 Å². The van der Waals surface area contributed by atoms with Crippen LogP contribution in [-0.4, -0.2) is 50.1 Å². The van der Waals surface area contributed by atoms with Crippen molar-refractivity contribution in [1.82, 2.24) is 19.5 Å². The van der Waals surface area contributed by atoms with Gasteiger partial charge in [0.25, 0.3) is 5.91 Å². The Morgan fingerprint density at radius 1 is 1.00 bits per heavy atom. The molecule has 6 rings (SSSR count). The fraction of sp³-hybridized carbons (Fsp3) is 0.194. The van der Waals surface area contributed by atoms with Crippen LogP contribution in [0.15, 0.2) is 95.6 Å². The molecule has 196 valence electrons. The highest BCUT2D eigenvalue weighted by atomic mass is 79.9. The van der Waals surface area contributed by atoms with Gasteiger partial charge >= 0.3 is 0 Å². The van der Waals surface area contributed by atoms with Crippen molar-refractivity contribution in [2.45, 2.75) is 12.8 Å². The number of amides is 1. The van der Waals surface area contributed by atoms with Gasteiger partial charge in [-0.15, -0.1) is 0 Å². The third kappa shape index (κ3) is 5.12. The largest absolute Gasteiger partial charge is 0.507 e. The molecule has 3 heterocycles. The Balaban J connectivity index is 1.22. The van der Waals surface area contributed by atoms with Gasteiger partial charge in [0, 0.05) is 36.8 Å². The van der Waals surface area contributed by atoms with Gasteiger partial charge in [-0.3, -0.25) is 4.79 Å². The van der Waals surface area contributed by atoms with Crippen molar-refractivity contribution in [3.8, 4) is 28.1 Å². The first-order chi connectivity index (χ1) is 19.1. The minimum absolute atomic E-state index is 0.0725. The van der Waals surface area contributed by atoms with Crippen molar-refractivity contribution in [2.75, 3.05) is 25.0 Å². The number of aromatic nitrogens is 3. The third-order valence-corrected chi connectivity index (χ3v) is 7.79. The molecule has 39 heavy (non-hydrogen) atoms. The summed E-state index contributed by atoms with van der Waals surface area (Å²) in [7, 11) is 0. The Hall–Kier alpha value is -4.17. The molecule has 0 radical (unpaired) electrons. The van der Waals surface area contributed by atoms with E-state index >= 15 is 0 Å². The average Bonchev–Trinajstić information content (AvgIpc) is 3.37. The van der Waals surface area contributed by atoms with Crippen LogP contribution < -0.4 is 5.32 Å². The third-order valence-electron chi connectivity index (χ3n) is 7.23. The monoisotopic (exact) mass is 581 g/mol. The van der Waals surface area contributed by atoms with Gasteiger partial charge in [-0.2, -0.15) is 9.61 Å². The molecule has 1 amide bonds. The van der Waals surface area contributed by atoms with E-state index < -0.39 is 0 Å². The highest BCUT2D eigenvalue weighted by molar-refractivity contribution is 9.10. The van der Waals surface area contributed by atoms with Crippen molar-refractivity contribution in [3.63, 3.8) is 0 Å². The molecule has 1 fully saturated rings. The smallest absolute Gasteiger partial charge is 0.254 e. The Bertz CT molecular complexity index is 1640. The van der Waals surface area contributed by atoms with E-state index in [0.29, 0.717) is 30.0 Å². The normalized spacial score (nSPS) is 15.4. The maximum Gasteiger partial charge on any atom is 0.254 e. The molecule has 1 unspecified atom stereocenters. The maximum atomic E-state index is 13.7. The predicted octanol–water partition coefficient (Wildman–Crippen LogP) is 6.50. The molecule has 1 atom stereocenters. The van der Waals surface area contributed by atoms with Crippen LogP contribution >= 0.6 is 15.9 Å². The zero-order chi connectivity index (χ0) is 26.8. The lowest BCUT2D eigenvalue weighted by Crippen LogP contribution is -2.42. The molecule has 2 N–H and O–H groups in total. The Morgan fingerprint density at radius 2 is 1.74 bits per heavy atom. The van der Waals surface area contributed by atoms with Gasteiger partial charge < -0.3 is 15.3 Å².